The van der Waals surface area contributed by atoms with Crippen molar-refractivity contribution in [3.05, 3.63) is 22.7 Å². The van der Waals surface area contributed by atoms with Crippen molar-refractivity contribution in [3.8, 4) is 0 Å². The van der Waals surface area contributed by atoms with Crippen LogP contribution in [0.1, 0.15) is 25.4 Å². The average Bonchev–Trinajstić information content (AvgIpc) is 2.56. The van der Waals surface area contributed by atoms with Gasteiger partial charge in [0.15, 0.2) is 0 Å². The third kappa shape index (κ3) is 1.48. The Bertz CT molecular complexity index is 462. The maximum absolute atomic E-state index is 5.88. The van der Waals surface area contributed by atoms with Gasteiger partial charge in [-0.3, -0.25) is 0 Å². The highest BCUT2D eigenvalue weighted by Gasteiger charge is 2.07. The number of halogens is 1. The molecule has 0 aliphatic carbocycles. The summed E-state index contributed by atoms with van der Waals surface area (Å²) in [6, 6.07) is 1.88. The van der Waals surface area contributed by atoms with Crippen LogP contribution >= 0.6 is 11.6 Å². The summed E-state index contributed by atoms with van der Waals surface area (Å²) in [5.74, 6) is 0.868. The highest BCUT2D eigenvalue weighted by molar-refractivity contribution is 6.30. The second kappa shape index (κ2) is 3.58. The van der Waals surface area contributed by atoms with E-state index in [1.807, 2.05) is 13.0 Å². The molecule has 0 fully saturated rings. The molecule has 0 aliphatic rings. The third-order valence-corrected chi connectivity index (χ3v) is 2.43. The molecule has 0 aliphatic heterocycles. The summed E-state index contributed by atoms with van der Waals surface area (Å²) < 4.78 is 0. The molecule has 14 heavy (non-hydrogen) atoms. The number of nitrogens with zero attached hydrogens (tertiary/aromatic N) is 2. The Hall–Kier alpha value is -1.09. The zero-order valence-electron chi connectivity index (χ0n) is 8.26. The van der Waals surface area contributed by atoms with Gasteiger partial charge in [-0.1, -0.05) is 25.4 Å². The Balaban J connectivity index is 2.72. The van der Waals surface area contributed by atoms with Gasteiger partial charge in [-0.05, 0) is 12.5 Å². The van der Waals surface area contributed by atoms with Crippen LogP contribution in [0, 0.1) is 0 Å². The fraction of sp³-hybridized carbons (Fsp3) is 0.400. The molecular formula is C10H12ClN3. The fourth-order valence-electron chi connectivity index (χ4n) is 1.52. The van der Waals surface area contributed by atoms with Gasteiger partial charge in [-0.2, -0.15) is 0 Å². The van der Waals surface area contributed by atoms with E-state index in [-0.39, 0.29) is 0 Å². The number of hydrogen-bond donors (Lipinski definition) is 1. The van der Waals surface area contributed by atoms with E-state index in [4.69, 9.17) is 11.6 Å². The van der Waals surface area contributed by atoms with Crippen LogP contribution in [0.25, 0.3) is 11.0 Å². The minimum absolute atomic E-state index is 0.622. The molecule has 3 nitrogen and oxygen atoms in total. The van der Waals surface area contributed by atoms with Crippen LogP contribution in [0.4, 0.5) is 0 Å². The summed E-state index contributed by atoms with van der Waals surface area (Å²) in [6.45, 7) is 4.13. The van der Waals surface area contributed by atoms with E-state index in [1.54, 1.807) is 0 Å². The number of fused-ring (bicyclic) bond motifs is 1. The van der Waals surface area contributed by atoms with Gasteiger partial charge in [-0.25, -0.2) is 9.97 Å². The Morgan fingerprint density at radius 1 is 1.29 bits per heavy atom. The molecule has 1 N–H and O–H groups in total. The van der Waals surface area contributed by atoms with Crippen LogP contribution in [0.5, 0.6) is 0 Å². The standard InChI is InChI=1S/C10H12ClN3/c1-3-7-6-5-8(11)13-10(6)14-9(4-2)12-7/h5H,3-4H2,1-2H3,(H,12,13,14). The quantitative estimate of drug-likeness (QED) is 0.827. The monoisotopic (exact) mass is 209 g/mol. The highest BCUT2D eigenvalue weighted by Crippen LogP contribution is 2.20. The van der Waals surface area contributed by atoms with Crippen molar-refractivity contribution < 1.29 is 0 Å². The molecular weight excluding hydrogens is 198 g/mol. The molecule has 4 heteroatoms. The van der Waals surface area contributed by atoms with Gasteiger partial charge in [0, 0.05) is 11.8 Å². The first kappa shape index (κ1) is 9.46. The highest BCUT2D eigenvalue weighted by atomic mass is 35.5. The predicted molar refractivity (Wildman–Crippen MR) is 57.7 cm³/mol. The number of nitrogens with one attached hydrogen (secondary N) is 1. The Kier molecular flexibility index (Phi) is 2.42. The Labute approximate surface area is 87.5 Å². The van der Waals surface area contributed by atoms with E-state index in [9.17, 15) is 0 Å². The molecule has 0 radical (unpaired) electrons. The number of H-pyrrole nitrogens is 1. The van der Waals surface area contributed by atoms with Crippen molar-refractivity contribution in [2.45, 2.75) is 26.7 Å². The molecule has 0 aromatic carbocycles. The number of aromatic amines is 1. The first-order valence-corrected chi connectivity index (χ1v) is 5.16. The van der Waals surface area contributed by atoms with E-state index in [0.717, 1.165) is 35.4 Å². The topological polar surface area (TPSA) is 41.6 Å². The summed E-state index contributed by atoms with van der Waals surface area (Å²) >= 11 is 5.88. The lowest BCUT2D eigenvalue weighted by Crippen LogP contribution is -1.98. The summed E-state index contributed by atoms with van der Waals surface area (Å²) in [6.07, 6.45) is 1.75. The predicted octanol–water partition coefficient (Wildman–Crippen LogP) is 2.74. The maximum atomic E-state index is 5.88. The van der Waals surface area contributed by atoms with Crippen molar-refractivity contribution in [2.24, 2.45) is 0 Å². The largest absolute Gasteiger partial charge is 0.330 e. The molecule has 0 saturated heterocycles. The number of aryl methyl sites for hydroxylation is 2. The smallest absolute Gasteiger partial charge is 0.142 e. The molecule has 0 atom stereocenters. The Morgan fingerprint density at radius 2 is 2.07 bits per heavy atom. The first-order valence-electron chi connectivity index (χ1n) is 4.78. The summed E-state index contributed by atoms with van der Waals surface area (Å²) in [5, 5.41) is 1.66. The number of aromatic nitrogens is 3. The number of rotatable bonds is 2. The van der Waals surface area contributed by atoms with Crippen LogP contribution in [0.3, 0.4) is 0 Å². The molecule has 2 rings (SSSR count). The van der Waals surface area contributed by atoms with Gasteiger partial charge in [0.1, 0.15) is 16.6 Å². The van der Waals surface area contributed by atoms with Gasteiger partial charge >= 0.3 is 0 Å². The fourth-order valence-corrected chi connectivity index (χ4v) is 1.72. The zero-order valence-corrected chi connectivity index (χ0v) is 9.02. The molecule has 74 valence electrons. The van der Waals surface area contributed by atoms with Crippen LogP contribution in [-0.4, -0.2) is 15.0 Å². The van der Waals surface area contributed by atoms with Gasteiger partial charge in [-0.15, -0.1) is 0 Å². The lowest BCUT2D eigenvalue weighted by molar-refractivity contribution is 0.909. The molecule has 0 bridgehead atoms. The molecule has 0 unspecified atom stereocenters. The van der Waals surface area contributed by atoms with E-state index < -0.39 is 0 Å². The second-order valence-corrected chi connectivity index (χ2v) is 3.58. The number of hydrogen-bond acceptors (Lipinski definition) is 2. The summed E-state index contributed by atoms with van der Waals surface area (Å²) in [7, 11) is 0. The van der Waals surface area contributed by atoms with Gasteiger partial charge in [0.25, 0.3) is 0 Å². The normalized spacial score (nSPS) is 11.1. The van der Waals surface area contributed by atoms with Crippen LogP contribution in [0.15, 0.2) is 6.07 Å². The van der Waals surface area contributed by atoms with E-state index >= 15 is 0 Å². The lowest BCUT2D eigenvalue weighted by atomic mass is 10.2. The van der Waals surface area contributed by atoms with Gasteiger partial charge < -0.3 is 4.98 Å². The van der Waals surface area contributed by atoms with Crippen LogP contribution in [0.2, 0.25) is 5.15 Å². The molecule has 0 saturated carbocycles. The minimum atomic E-state index is 0.622. The van der Waals surface area contributed by atoms with E-state index in [2.05, 4.69) is 21.9 Å². The molecule has 2 heterocycles. The zero-order chi connectivity index (χ0) is 10.1. The molecule has 0 spiro atoms. The Morgan fingerprint density at radius 3 is 2.71 bits per heavy atom. The lowest BCUT2D eigenvalue weighted by Gasteiger charge is -2.01. The first-order chi connectivity index (χ1) is 6.74. The minimum Gasteiger partial charge on any atom is -0.330 e. The van der Waals surface area contributed by atoms with Crippen molar-refractivity contribution in [1.82, 2.24) is 15.0 Å². The van der Waals surface area contributed by atoms with Crippen molar-refractivity contribution >= 4 is 22.6 Å². The van der Waals surface area contributed by atoms with Crippen molar-refractivity contribution in [1.29, 1.82) is 0 Å². The van der Waals surface area contributed by atoms with E-state index in [0.29, 0.717) is 5.15 Å². The molecule has 0 amide bonds. The van der Waals surface area contributed by atoms with Crippen molar-refractivity contribution in [3.63, 3.8) is 0 Å². The molecule has 2 aromatic rings. The van der Waals surface area contributed by atoms with Gasteiger partial charge in [0.05, 0.1) is 5.69 Å². The van der Waals surface area contributed by atoms with Crippen LogP contribution in [-0.2, 0) is 12.8 Å². The third-order valence-electron chi connectivity index (χ3n) is 2.23. The summed E-state index contributed by atoms with van der Waals surface area (Å²) in [4.78, 5) is 11.9. The molecule has 2 aromatic heterocycles. The van der Waals surface area contributed by atoms with E-state index in [1.165, 1.54) is 0 Å². The SMILES string of the molecule is CCc1nc(CC)c2cc(Cl)[nH]c2n1. The second-order valence-electron chi connectivity index (χ2n) is 3.17. The summed E-state index contributed by atoms with van der Waals surface area (Å²) in [5.41, 5.74) is 1.91. The van der Waals surface area contributed by atoms with Crippen molar-refractivity contribution in [2.75, 3.05) is 0 Å². The van der Waals surface area contributed by atoms with Crippen LogP contribution < -0.4 is 0 Å². The average molecular weight is 210 g/mol. The van der Waals surface area contributed by atoms with Gasteiger partial charge in [0.2, 0.25) is 0 Å². The maximum Gasteiger partial charge on any atom is 0.142 e.